The number of rotatable bonds is 5. The van der Waals surface area contributed by atoms with Crippen molar-refractivity contribution >= 4 is 39.1 Å². The first-order valence-electron chi connectivity index (χ1n) is 7.07. The van der Waals surface area contributed by atoms with Gasteiger partial charge in [-0.25, -0.2) is 4.98 Å². The molecule has 2 aromatic carbocycles. The number of hydrogen-bond acceptors (Lipinski definition) is 3. The molecular formula is C17H15ClN2OS. The van der Waals surface area contributed by atoms with Crippen molar-refractivity contribution < 1.29 is 4.79 Å². The molecule has 0 radical (unpaired) electrons. The lowest BCUT2D eigenvalue weighted by molar-refractivity contribution is -0.121. The Bertz CT molecular complexity index is 767. The van der Waals surface area contributed by atoms with Crippen molar-refractivity contribution in [3.8, 4) is 0 Å². The normalized spacial score (nSPS) is 10.8. The molecule has 3 rings (SSSR count). The lowest BCUT2D eigenvalue weighted by atomic mass is 10.1. The van der Waals surface area contributed by atoms with Crippen LogP contribution in [0.4, 0.5) is 0 Å². The molecule has 0 fully saturated rings. The van der Waals surface area contributed by atoms with E-state index in [1.165, 1.54) is 0 Å². The van der Waals surface area contributed by atoms with Crippen molar-refractivity contribution in [3.63, 3.8) is 0 Å². The van der Waals surface area contributed by atoms with Crippen LogP contribution in [0.25, 0.3) is 10.2 Å². The Balaban J connectivity index is 1.53. The Morgan fingerprint density at radius 1 is 1.14 bits per heavy atom. The number of benzene rings is 2. The van der Waals surface area contributed by atoms with Crippen LogP contribution in [0.1, 0.15) is 17.0 Å². The van der Waals surface area contributed by atoms with E-state index in [1.807, 2.05) is 48.5 Å². The molecule has 0 saturated heterocycles. The van der Waals surface area contributed by atoms with E-state index < -0.39 is 0 Å². The smallest absolute Gasteiger partial charge is 0.220 e. The minimum absolute atomic E-state index is 0.0131. The highest BCUT2D eigenvalue weighted by Gasteiger charge is 2.07. The van der Waals surface area contributed by atoms with Gasteiger partial charge in [0.1, 0.15) is 5.01 Å². The highest BCUT2D eigenvalue weighted by molar-refractivity contribution is 7.18. The lowest BCUT2D eigenvalue weighted by Crippen LogP contribution is -2.22. The van der Waals surface area contributed by atoms with Gasteiger partial charge in [-0.2, -0.15) is 0 Å². The Morgan fingerprint density at radius 3 is 2.73 bits per heavy atom. The number of carbonyl (C=O) groups excluding carboxylic acids is 1. The molecule has 3 aromatic rings. The van der Waals surface area contributed by atoms with E-state index >= 15 is 0 Å². The van der Waals surface area contributed by atoms with Crippen molar-refractivity contribution in [2.45, 2.75) is 19.4 Å². The first kappa shape index (κ1) is 15.0. The minimum Gasteiger partial charge on any atom is -0.350 e. The molecule has 0 atom stereocenters. The molecule has 112 valence electrons. The van der Waals surface area contributed by atoms with Crippen LogP contribution >= 0.6 is 22.9 Å². The molecule has 1 aromatic heterocycles. The molecule has 0 aliphatic rings. The van der Waals surface area contributed by atoms with Crippen molar-refractivity contribution in [1.29, 1.82) is 0 Å². The highest BCUT2D eigenvalue weighted by Crippen LogP contribution is 2.21. The SMILES string of the molecule is O=C(CCc1ccccc1Cl)NCc1nc2ccccc2s1. The van der Waals surface area contributed by atoms with Crippen LogP contribution in [-0.4, -0.2) is 10.9 Å². The van der Waals surface area contributed by atoms with Crippen LogP contribution in [-0.2, 0) is 17.8 Å². The van der Waals surface area contributed by atoms with Crippen molar-refractivity contribution in [2.75, 3.05) is 0 Å². The Kier molecular flexibility index (Phi) is 4.71. The molecule has 0 bridgehead atoms. The number of nitrogens with one attached hydrogen (secondary N) is 1. The van der Waals surface area contributed by atoms with Gasteiger partial charge in [0, 0.05) is 11.4 Å². The molecule has 1 N–H and O–H groups in total. The number of nitrogens with zero attached hydrogens (tertiary/aromatic N) is 1. The zero-order valence-corrected chi connectivity index (χ0v) is 13.5. The van der Waals surface area contributed by atoms with Gasteiger partial charge in [-0.3, -0.25) is 4.79 Å². The first-order valence-corrected chi connectivity index (χ1v) is 8.26. The zero-order chi connectivity index (χ0) is 15.4. The van der Waals surface area contributed by atoms with Crippen molar-refractivity contribution in [1.82, 2.24) is 10.3 Å². The summed E-state index contributed by atoms with van der Waals surface area (Å²) in [5, 5.41) is 4.55. The van der Waals surface area contributed by atoms with E-state index in [0.717, 1.165) is 20.8 Å². The van der Waals surface area contributed by atoms with E-state index in [2.05, 4.69) is 10.3 Å². The Labute approximate surface area is 138 Å². The van der Waals surface area contributed by atoms with Crippen LogP contribution < -0.4 is 5.32 Å². The lowest BCUT2D eigenvalue weighted by Gasteiger charge is -2.05. The number of para-hydroxylation sites is 1. The van der Waals surface area contributed by atoms with E-state index in [1.54, 1.807) is 11.3 Å². The molecule has 5 heteroatoms. The standard InChI is InChI=1S/C17H15ClN2OS/c18-13-6-2-1-5-12(13)9-10-16(21)19-11-17-20-14-7-3-4-8-15(14)22-17/h1-8H,9-11H2,(H,19,21). The van der Waals surface area contributed by atoms with Crippen LogP contribution in [0.3, 0.4) is 0 Å². The maximum Gasteiger partial charge on any atom is 0.220 e. The fraction of sp³-hybridized carbons (Fsp3) is 0.176. The number of aromatic nitrogens is 1. The minimum atomic E-state index is 0.0131. The van der Waals surface area contributed by atoms with Gasteiger partial charge in [-0.05, 0) is 30.2 Å². The largest absolute Gasteiger partial charge is 0.350 e. The predicted octanol–water partition coefficient (Wildman–Crippen LogP) is 4.20. The number of hydrogen-bond donors (Lipinski definition) is 1. The van der Waals surface area contributed by atoms with Crippen LogP contribution in [0, 0.1) is 0 Å². The molecule has 0 spiro atoms. The zero-order valence-electron chi connectivity index (χ0n) is 11.9. The summed E-state index contributed by atoms with van der Waals surface area (Å²) in [5.41, 5.74) is 1.98. The van der Waals surface area contributed by atoms with Crippen LogP contribution in [0.2, 0.25) is 5.02 Å². The third kappa shape index (κ3) is 3.64. The Morgan fingerprint density at radius 2 is 1.91 bits per heavy atom. The number of halogens is 1. The quantitative estimate of drug-likeness (QED) is 0.761. The van der Waals surface area contributed by atoms with E-state index in [9.17, 15) is 4.79 Å². The molecular weight excluding hydrogens is 316 g/mol. The number of thiazole rings is 1. The summed E-state index contributed by atoms with van der Waals surface area (Å²) in [7, 11) is 0. The summed E-state index contributed by atoms with van der Waals surface area (Å²) in [6.07, 6.45) is 1.07. The van der Waals surface area contributed by atoms with Gasteiger partial charge < -0.3 is 5.32 Å². The summed E-state index contributed by atoms with van der Waals surface area (Å²) < 4.78 is 1.14. The van der Waals surface area contributed by atoms with Gasteiger partial charge in [0.15, 0.2) is 0 Å². The van der Waals surface area contributed by atoms with E-state index in [-0.39, 0.29) is 5.91 Å². The molecule has 1 heterocycles. The summed E-state index contributed by atoms with van der Waals surface area (Å²) in [5.74, 6) is 0.0131. The molecule has 0 aliphatic heterocycles. The summed E-state index contributed by atoms with van der Waals surface area (Å²) in [4.78, 5) is 16.4. The monoisotopic (exact) mass is 330 g/mol. The number of fused-ring (bicyclic) bond motifs is 1. The van der Waals surface area contributed by atoms with E-state index in [4.69, 9.17) is 11.6 Å². The summed E-state index contributed by atoms with van der Waals surface area (Å²) in [6.45, 7) is 0.473. The van der Waals surface area contributed by atoms with Gasteiger partial charge in [-0.15, -0.1) is 11.3 Å². The third-order valence-electron chi connectivity index (χ3n) is 3.35. The predicted molar refractivity (Wildman–Crippen MR) is 91.2 cm³/mol. The maximum atomic E-state index is 11.9. The van der Waals surface area contributed by atoms with Gasteiger partial charge in [0.2, 0.25) is 5.91 Å². The highest BCUT2D eigenvalue weighted by atomic mass is 35.5. The Hall–Kier alpha value is -1.91. The fourth-order valence-electron chi connectivity index (χ4n) is 2.21. The first-order chi connectivity index (χ1) is 10.7. The van der Waals surface area contributed by atoms with Crippen LogP contribution in [0.15, 0.2) is 48.5 Å². The average Bonchev–Trinajstić information content (AvgIpc) is 2.95. The number of amides is 1. The molecule has 0 saturated carbocycles. The second-order valence-corrected chi connectivity index (χ2v) is 6.47. The van der Waals surface area contributed by atoms with Crippen molar-refractivity contribution in [3.05, 3.63) is 64.1 Å². The number of carbonyl (C=O) groups is 1. The van der Waals surface area contributed by atoms with Gasteiger partial charge in [-0.1, -0.05) is 41.9 Å². The van der Waals surface area contributed by atoms with E-state index in [0.29, 0.717) is 24.4 Å². The van der Waals surface area contributed by atoms with Gasteiger partial charge in [0.25, 0.3) is 0 Å². The molecule has 0 unspecified atom stereocenters. The number of aryl methyl sites for hydroxylation is 1. The van der Waals surface area contributed by atoms with Gasteiger partial charge in [0.05, 0.1) is 16.8 Å². The molecule has 0 aliphatic carbocycles. The average molecular weight is 331 g/mol. The second-order valence-electron chi connectivity index (χ2n) is 4.94. The topological polar surface area (TPSA) is 42.0 Å². The summed E-state index contributed by atoms with van der Waals surface area (Å²) >= 11 is 7.69. The molecule has 1 amide bonds. The van der Waals surface area contributed by atoms with Crippen LogP contribution in [0.5, 0.6) is 0 Å². The summed E-state index contributed by atoms with van der Waals surface area (Å²) in [6, 6.07) is 15.6. The second kappa shape index (κ2) is 6.90. The maximum absolute atomic E-state index is 11.9. The fourth-order valence-corrected chi connectivity index (χ4v) is 3.34. The van der Waals surface area contributed by atoms with Crippen molar-refractivity contribution in [2.24, 2.45) is 0 Å². The molecule has 3 nitrogen and oxygen atoms in total. The third-order valence-corrected chi connectivity index (χ3v) is 4.76. The molecule has 22 heavy (non-hydrogen) atoms. The van der Waals surface area contributed by atoms with Gasteiger partial charge >= 0.3 is 0 Å².